The van der Waals surface area contributed by atoms with Gasteiger partial charge in [-0.15, -0.1) is 0 Å². The summed E-state index contributed by atoms with van der Waals surface area (Å²) in [4.78, 5) is 0. The molecule has 0 amide bonds. The zero-order valence-corrected chi connectivity index (χ0v) is 7.13. The van der Waals surface area contributed by atoms with Crippen LogP contribution in [0.25, 0.3) is 0 Å². The van der Waals surface area contributed by atoms with E-state index in [1.54, 1.807) is 0 Å². The molecular weight excluding hydrogens is 243 g/mol. The summed E-state index contributed by atoms with van der Waals surface area (Å²) in [6, 6.07) is 0. The van der Waals surface area contributed by atoms with Crippen molar-refractivity contribution in [1.82, 2.24) is 0 Å². The number of rotatable bonds is 0. The van der Waals surface area contributed by atoms with E-state index in [9.17, 15) is 0 Å². The first-order valence-corrected chi connectivity index (χ1v) is 5.85. The van der Waals surface area contributed by atoms with Crippen LogP contribution in [-0.2, 0) is 11.4 Å². The van der Waals surface area contributed by atoms with Crippen molar-refractivity contribution in [3.05, 3.63) is 10.2 Å². The van der Waals surface area contributed by atoms with Crippen molar-refractivity contribution in [3.63, 3.8) is 0 Å². The van der Waals surface area contributed by atoms with E-state index >= 15 is 0 Å². The summed E-state index contributed by atoms with van der Waals surface area (Å²) < 4.78 is 26.6. The second kappa shape index (κ2) is 5.67. The van der Waals surface area contributed by atoms with Gasteiger partial charge in [0.15, 0.2) is 0 Å². The quantitative estimate of drug-likeness (QED) is 0.381. The molecule has 0 radical (unpaired) electrons. The SMILES string of the molecule is C1=C[IH]C1.O=S(O)O. The standard InChI is InChI=1S/C3H5I.H2O3S/c1-2-4-3-1;1-4(2)3/h1-2,4H,3H2;(H2,1,2,3). The van der Waals surface area contributed by atoms with Gasteiger partial charge in [-0.3, -0.25) is 9.11 Å². The summed E-state index contributed by atoms with van der Waals surface area (Å²) in [5.74, 6) is 0. The topological polar surface area (TPSA) is 57.5 Å². The first kappa shape index (κ1) is 8.54. The summed E-state index contributed by atoms with van der Waals surface area (Å²) in [7, 11) is 0. The van der Waals surface area contributed by atoms with Gasteiger partial charge in [0.05, 0.1) is 0 Å². The predicted octanol–water partition coefficient (Wildman–Crippen LogP) is 0.898. The monoisotopic (exact) mass is 250 g/mol. The minimum absolute atomic E-state index is 0.482. The minimum atomic E-state index is -2.61. The number of allylic oxidation sites excluding steroid dienone is 1. The van der Waals surface area contributed by atoms with E-state index in [2.05, 4.69) is 10.2 Å². The molecule has 1 aliphatic rings. The van der Waals surface area contributed by atoms with Gasteiger partial charge in [0, 0.05) is 0 Å². The Hall–Kier alpha value is 0.540. The van der Waals surface area contributed by atoms with Gasteiger partial charge in [-0.05, 0) is 0 Å². The van der Waals surface area contributed by atoms with E-state index < -0.39 is 11.4 Å². The van der Waals surface area contributed by atoms with Gasteiger partial charge in [0.25, 0.3) is 11.4 Å². The summed E-state index contributed by atoms with van der Waals surface area (Å²) in [6.07, 6.45) is 2.24. The smallest absolute Gasteiger partial charge is 0.284 e. The van der Waals surface area contributed by atoms with Gasteiger partial charge in [0.1, 0.15) is 0 Å². The zero-order valence-electron chi connectivity index (χ0n) is 3.98. The van der Waals surface area contributed by atoms with E-state index in [1.807, 2.05) is 0 Å². The molecule has 3 nitrogen and oxygen atoms in total. The molecule has 8 heavy (non-hydrogen) atoms. The van der Waals surface area contributed by atoms with E-state index in [0.29, 0.717) is 21.2 Å². The largest absolute Gasteiger partial charge is 0.299 e. The second-order valence-corrected chi connectivity index (χ2v) is 4.08. The Labute approximate surface area is 60.5 Å². The van der Waals surface area contributed by atoms with Crippen molar-refractivity contribution in [2.24, 2.45) is 0 Å². The van der Waals surface area contributed by atoms with Crippen LogP contribution in [0.3, 0.4) is 0 Å². The van der Waals surface area contributed by atoms with Crippen molar-refractivity contribution >= 4 is 32.6 Å². The van der Waals surface area contributed by atoms with Crippen LogP contribution in [0.15, 0.2) is 10.2 Å². The number of hydrogen-bond donors (Lipinski definition) is 2. The molecule has 0 unspecified atom stereocenters. The molecular formula is C3H7IO3S. The van der Waals surface area contributed by atoms with Gasteiger partial charge in [-0.1, -0.05) is 0 Å². The Morgan fingerprint density at radius 2 is 1.75 bits per heavy atom. The van der Waals surface area contributed by atoms with Gasteiger partial charge in [-0.2, -0.15) is 4.21 Å². The first-order chi connectivity index (χ1) is 3.73. The van der Waals surface area contributed by atoms with E-state index in [-0.39, 0.29) is 0 Å². The molecule has 0 fully saturated rings. The van der Waals surface area contributed by atoms with Crippen molar-refractivity contribution in [1.29, 1.82) is 0 Å². The minimum Gasteiger partial charge on any atom is -0.284 e. The molecule has 5 heteroatoms. The Kier molecular flexibility index (Phi) is 6.06. The number of halogens is 1. The second-order valence-electron chi connectivity index (χ2n) is 0.936. The normalized spacial score (nSPS) is 15.4. The van der Waals surface area contributed by atoms with Crippen LogP contribution >= 0.6 is 21.2 Å². The molecule has 0 aromatic rings. The van der Waals surface area contributed by atoms with Crippen LogP contribution in [0.1, 0.15) is 0 Å². The molecule has 0 saturated carbocycles. The van der Waals surface area contributed by atoms with Gasteiger partial charge in [-0.25, -0.2) is 0 Å². The Morgan fingerprint density at radius 1 is 1.62 bits per heavy atom. The third-order valence-corrected chi connectivity index (χ3v) is 2.58. The molecule has 0 aromatic heterocycles. The fourth-order valence-electron chi connectivity index (χ4n) is 0.0962. The summed E-state index contributed by atoms with van der Waals surface area (Å²) in [6.45, 7) is 0. The Morgan fingerprint density at radius 3 is 1.75 bits per heavy atom. The van der Waals surface area contributed by atoms with E-state index in [0.717, 1.165) is 0 Å². The maximum absolute atomic E-state index is 8.67. The van der Waals surface area contributed by atoms with Crippen LogP contribution in [0.4, 0.5) is 0 Å². The van der Waals surface area contributed by atoms with Crippen LogP contribution < -0.4 is 0 Å². The van der Waals surface area contributed by atoms with Crippen LogP contribution in [0, 0.1) is 0 Å². The number of hydrogen-bond acceptors (Lipinski definition) is 1. The molecule has 1 aliphatic heterocycles. The third-order valence-electron chi connectivity index (χ3n) is 0.385. The van der Waals surface area contributed by atoms with Crippen molar-refractivity contribution < 1.29 is 13.3 Å². The van der Waals surface area contributed by atoms with Gasteiger partial charge >= 0.3 is 35.8 Å². The Bertz CT molecular complexity index is 92.7. The first-order valence-electron chi connectivity index (χ1n) is 1.80. The summed E-state index contributed by atoms with van der Waals surface area (Å²) in [5, 5.41) is 0. The fraction of sp³-hybridized carbons (Fsp3) is 0.333. The van der Waals surface area contributed by atoms with Crippen molar-refractivity contribution in [2.75, 3.05) is 4.43 Å². The fourth-order valence-corrected chi connectivity index (χ4v) is 0.645. The van der Waals surface area contributed by atoms with Crippen molar-refractivity contribution in [3.8, 4) is 0 Å². The molecule has 0 spiro atoms. The van der Waals surface area contributed by atoms with Crippen LogP contribution in [-0.4, -0.2) is 17.7 Å². The number of alkyl halides is 1. The molecule has 0 aliphatic carbocycles. The average molecular weight is 250 g/mol. The third kappa shape index (κ3) is 9.74. The molecule has 0 bridgehead atoms. The molecule has 50 valence electrons. The Balaban J connectivity index is 0.000000122. The molecule has 0 atom stereocenters. The summed E-state index contributed by atoms with van der Waals surface area (Å²) >= 11 is -2.13. The molecule has 1 heterocycles. The predicted molar refractivity (Wildman–Crippen MR) is 42.8 cm³/mol. The van der Waals surface area contributed by atoms with Gasteiger partial charge in [0.2, 0.25) is 0 Å². The summed E-state index contributed by atoms with van der Waals surface area (Å²) in [5.41, 5.74) is 0. The van der Waals surface area contributed by atoms with Gasteiger partial charge < -0.3 is 0 Å². The maximum Gasteiger partial charge on any atom is 0.299 e. The van der Waals surface area contributed by atoms with Crippen molar-refractivity contribution in [2.45, 2.75) is 0 Å². The molecule has 1 rings (SSSR count). The zero-order chi connectivity index (χ0) is 6.41. The van der Waals surface area contributed by atoms with Crippen LogP contribution in [0.5, 0.6) is 0 Å². The average Bonchev–Trinajstić information content (AvgIpc) is 1.19. The maximum atomic E-state index is 8.67. The van der Waals surface area contributed by atoms with E-state index in [4.69, 9.17) is 13.3 Å². The van der Waals surface area contributed by atoms with Crippen LogP contribution in [0.2, 0.25) is 0 Å². The molecule has 0 saturated heterocycles. The molecule has 0 aromatic carbocycles. The van der Waals surface area contributed by atoms with E-state index in [1.165, 1.54) is 4.43 Å². The molecule has 2 N–H and O–H groups in total.